The maximum Gasteiger partial charge on any atom is 0.0491 e. The summed E-state index contributed by atoms with van der Waals surface area (Å²) < 4.78 is 3.54. The molecule has 2 nitrogen and oxygen atoms in total. The summed E-state index contributed by atoms with van der Waals surface area (Å²) in [5.74, 6) is 0. The SMILES string of the molecule is CNCCc1c(Br)c2cc(C(C)(C)C)ccc2n1C. The first kappa shape index (κ1) is 14.6. The number of aryl methyl sites for hydroxylation is 1. The van der Waals surface area contributed by atoms with E-state index in [1.807, 2.05) is 7.05 Å². The molecule has 0 bridgehead atoms. The van der Waals surface area contributed by atoms with E-state index in [0.29, 0.717) is 0 Å². The molecule has 0 spiro atoms. The van der Waals surface area contributed by atoms with Gasteiger partial charge in [0.15, 0.2) is 0 Å². The van der Waals surface area contributed by atoms with E-state index in [1.54, 1.807) is 0 Å². The average molecular weight is 323 g/mol. The van der Waals surface area contributed by atoms with Crippen LogP contribution in [0.4, 0.5) is 0 Å². The molecular weight excluding hydrogens is 300 g/mol. The molecule has 0 aliphatic carbocycles. The molecule has 0 radical (unpaired) electrons. The van der Waals surface area contributed by atoms with E-state index < -0.39 is 0 Å². The maximum absolute atomic E-state index is 3.79. The quantitative estimate of drug-likeness (QED) is 0.903. The second-order valence-electron chi connectivity index (χ2n) is 6.16. The molecule has 0 saturated carbocycles. The van der Waals surface area contributed by atoms with Crippen molar-refractivity contribution >= 4 is 26.8 Å². The second kappa shape index (κ2) is 5.29. The maximum atomic E-state index is 3.79. The minimum absolute atomic E-state index is 0.189. The third-order valence-electron chi connectivity index (χ3n) is 3.73. The van der Waals surface area contributed by atoms with Gasteiger partial charge < -0.3 is 9.88 Å². The number of nitrogens with zero attached hydrogens (tertiary/aromatic N) is 1. The van der Waals surface area contributed by atoms with Gasteiger partial charge in [-0.25, -0.2) is 0 Å². The molecule has 0 unspecified atom stereocenters. The summed E-state index contributed by atoms with van der Waals surface area (Å²) in [5.41, 5.74) is 4.22. The average Bonchev–Trinajstić information content (AvgIpc) is 2.59. The number of benzene rings is 1. The lowest BCUT2D eigenvalue weighted by atomic mass is 9.86. The van der Waals surface area contributed by atoms with E-state index in [2.05, 4.69) is 71.8 Å². The van der Waals surface area contributed by atoms with E-state index in [0.717, 1.165) is 13.0 Å². The summed E-state index contributed by atoms with van der Waals surface area (Å²) in [6.45, 7) is 7.77. The number of aromatic nitrogens is 1. The summed E-state index contributed by atoms with van der Waals surface area (Å²) >= 11 is 3.79. The molecule has 0 amide bonds. The van der Waals surface area contributed by atoms with Gasteiger partial charge in [0.1, 0.15) is 0 Å². The molecule has 0 aliphatic rings. The van der Waals surface area contributed by atoms with Gasteiger partial charge in [-0.2, -0.15) is 0 Å². The molecule has 3 heteroatoms. The number of nitrogens with one attached hydrogen (secondary N) is 1. The molecule has 0 saturated heterocycles. The summed E-state index contributed by atoms with van der Waals surface area (Å²) in [6, 6.07) is 6.81. The van der Waals surface area contributed by atoms with Crippen molar-refractivity contribution in [1.82, 2.24) is 9.88 Å². The topological polar surface area (TPSA) is 17.0 Å². The van der Waals surface area contributed by atoms with Crippen molar-refractivity contribution in [3.8, 4) is 0 Å². The van der Waals surface area contributed by atoms with Crippen LogP contribution < -0.4 is 5.32 Å². The Morgan fingerprint density at radius 2 is 1.95 bits per heavy atom. The molecule has 104 valence electrons. The smallest absolute Gasteiger partial charge is 0.0491 e. The molecule has 1 heterocycles. The molecule has 0 aliphatic heterocycles. The molecule has 1 N–H and O–H groups in total. The lowest BCUT2D eigenvalue weighted by Gasteiger charge is -2.19. The number of fused-ring (bicyclic) bond motifs is 1. The third kappa shape index (κ3) is 2.72. The highest BCUT2D eigenvalue weighted by Crippen LogP contribution is 2.34. The van der Waals surface area contributed by atoms with Crippen molar-refractivity contribution in [3.05, 3.63) is 33.9 Å². The van der Waals surface area contributed by atoms with Gasteiger partial charge in [0.2, 0.25) is 0 Å². The van der Waals surface area contributed by atoms with Gasteiger partial charge in [-0.05, 0) is 46.1 Å². The molecule has 0 atom stereocenters. The highest BCUT2D eigenvalue weighted by molar-refractivity contribution is 9.10. The Balaban J connectivity index is 2.57. The van der Waals surface area contributed by atoms with Gasteiger partial charge >= 0.3 is 0 Å². The molecular formula is C16H23BrN2. The van der Waals surface area contributed by atoms with Gasteiger partial charge in [-0.15, -0.1) is 0 Å². The van der Waals surface area contributed by atoms with Crippen LogP contribution in [0.2, 0.25) is 0 Å². The van der Waals surface area contributed by atoms with Gasteiger partial charge in [0.25, 0.3) is 0 Å². The molecule has 19 heavy (non-hydrogen) atoms. The Hall–Kier alpha value is -0.800. The lowest BCUT2D eigenvalue weighted by Crippen LogP contribution is -2.12. The van der Waals surface area contributed by atoms with Crippen LogP contribution in [-0.4, -0.2) is 18.2 Å². The summed E-state index contributed by atoms with van der Waals surface area (Å²) in [5, 5.41) is 4.54. The molecule has 2 aromatic rings. The zero-order valence-corrected chi connectivity index (χ0v) is 14.1. The van der Waals surface area contributed by atoms with Gasteiger partial charge in [0, 0.05) is 41.1 Å². The Labute approximate surface area is 124 Å². The number of halogens is 1. The largest absolute Gasteiger partial charge is 0.346 e. The molecule has 2 rings (SSSR count). The number of hydrogen-bond donors (Lipinski definition) is 1. The molecule has 1 aromatic carbocycles. The fourth-order valence-corrected chi connectivity index (χ4v) is 3.22. The number of rotatable bonds is 3. The first-order valence-electron chi connectivity index (χ1n) is 6.78. The highest BCUT2D eigenvalue weighted by atomic mass is 79.9. The van der Waals surface area contributed by atoms with Crippen molar-refractivity contribution in [2.75, 3.05) is 13.6 Å². The Morgan fingerprint density at radius 1 is 1.26 bits per heavy atom. The minimum Gasteiger partial charge on any atom is -0.346 e. The van der Waals surface area contributed by atoms with Gasteiger partial charge in [-0.3, -0.25) is 0 Å². The van der Waals surface area contributed by atoms with Crippen molar-refractivity contribution in [1.29, 1.82) is 0 Å². The van der Waals surface area contributed by atoms with Crippen LogP contribution in [0.1, 0.15) is 32.0 Å². The highest BCUT2D eigenvalue weighted by Gasteiger charge is 2.18. The minimum atomic E-state index is 0.189. The molecule has 0 fully saturated rings. The first-order chi connectivity index (χ1) is 8.86. The van der Waals surface area contributed by atoms with E-state index >= 15 is 0 Å². The van der Waals surface area contributed by atoms with Crippen molar-refractivity contribution in [2.24, 2.45) is 7.05 Å². The third-order valence-corrected chi connectivity index (χ3v) is 4.62. The summed E-state index contributed by atoms with van der Waals surface area (Å²) in [7, 11) is 4.14. The molecule has 1 aromatic heterocycles. The van der Waals surface area contributed by atoms with Crippen LogP contribution in [0.5, 0.6) is 0 Å². The normalized spacial score (nSPS) is 12.3. The van der Waals surface area contributed by atoms with Crippen LogP contribution in [0.25, 0.3) is 10.9 Å². The first-order valence-corrected chi connectivity index (χ1v) is 7.57. The Kier molecular flexibility index (Phi) is 4.07. The van der Waals surface area contributed by atoms with E-state index in [4.69, 9.17) is 0 Å². The standard InChI is InChI=1S/C16H23BrN2/c1-16(2,3)11-6-7-13-12(10-11)15(17)14(19(13)5)8-9-18-4/h6-7,10,18H,8-9H2,1-5H3. The summed E-state index contributed by atoms with van der Waals surface area (Å²) in [6.07, 6.45) is 1.03. The van der Waals surface area contributed by atoms with E-state index in [1.165, 1.54) is 26.6 Å². The van der Waals surface area contributed by atoms with Crippen molar-refractivity contribution in [3.63, 3.8) is 0 Å². The Bertz CT molecular complexity index is 591. The monoisotopic (exact) mass is 322 g/mol. The zero-order valence-electron chi connectivity index (χ0n) is 12.5. The van der Waals surface area contributed by atoms with E-state index in [9.17, 15) is 0 Å². The van der Waals surface area contributed by atoms with E-state index in [-0.39, 0.29) is 5.41 Å². The van der Waals surface area contributed by atoms with Crippen LogP contribution in [0, 0.1) is 0 Å². The predicted octanol–water partition coefficient (Wildman–Crippen LogP) is 4.00. The van der Waals surface area contributed by atoms with Gasteiger partial charge in [-0.1, -0.05) is 26.8 Å². The predicted molar refractivity (Wildman–Crippen MR) is 86.9 cm³/mol. The van der Waals surface area contributed by atoms with Crippen molar-refractivity contribution < 1.29 is 0 Å². The van der Waals surface area contributed by atoms with Crippen LogP contribution in [-0.2, 0) is 18.9 Å². The zero-order chi connectivity index (χ0) is 14.2. The second-order valence-corrected chi connectivity index (χ2v) is 6.95. The van der Waals surface area contributed by atoms with Crippen LogP contribution >= 0.6 is 15.9 Å². The van der Waals surface area contributed by atoms with Crippen LogP contribution in [0.3, 0.4) is 0 Å². The Morgan fingerprint density at radius 3 is 2.53 bits per heavy atom. The number of hydrogen-bond acceptors (Lipinski definition) is 1. The fraction of sp³-hybridized carbons (Fsp3) is 0.500. The number of likely N-dealkylation sites (N-methyl/N-ethyl adjacent to an activating group) is 1. The lowest BCUT2D eigenvalue weighted by molar-refractivity contribution is 0.591. The van der Waals surface area contributed by atoms with Crippen LogP contribution in [0.15, 0.2) is 22.7 Å². The summed E-state index contributed by atoms with van der Waals surface area (Å²) in [4.78, 5) is 0. The van der Waals surface area contributed by atoms with Gasteiger partial charge in [0.05, 0.1) is 0 Å². The van der Waals surface area contributed by atoms with Crippen molar-refractivity contribution in [2.45, 2.75) is 32.6 Å². The fourth-order valence-electron chi connectivity index (χ4n) is 2.44.